The molecule has 18 rings (SSSR count). The zero-order valence-electron chi connectivity index (χ0n) is 87.0. The van der Waals surface area contributed by atoms with Crippen molar-refractivity contribution in [1.82, 2.24) is 39.6 Å². The van der Waals surface area contributed by atoms with E-state index in [-0.39, 0.29) is 97.7 Å². The van der Waals surface area contributed by atoms with Crippen LogP contribution in [0.2, 0.25) is 0 Å². The number of benzene rings is 9. The number of hydrogen-bond acceptors (Lipinski definition) is 27. The molecule has 10 amide bonds. The maximum absolute atomic E-state index is 13.5. The number of alkyl halides is 3. The highest BCUT2D eigenvalue weighted by molar-refractivity contribution is 7.88. The lowest BCUT2D eigenvalue weighted by molar-refractivity contribution is -0.0500. The Morgan fingerprint density at radius 2 is 0.693 bits per heavy atom. The van der Waals surface area contributed by atoms with Crippen molar-refractivity contribution in [2.45, 2.75) is 156 Å². The molecule has 0 spiro atoms. The summed E-state index contributed by atoms with van der Waals surface area (Å²) in [6.07, 6.45) is 10.6. The minimum Gasteiger partial charge on any atom is -0.493 e. The molecular weight excluding hydrogens is 1960 g/mol. The van der Waals surface area contributed by atoms with Gasteiger partial charge in [0.05, 0.1) is 139 Å². The molecule has 0 saturated carbocycles. The molecular formula is C112H122BF3N8O25S. The van der Waals surface area contributed by atoms with Crippen molar-refractivity contribution in [2.24, 2.45) is 0 Å². The first-order chi connectivity index (χ1) is 71.3. The summed E-state index contributed by atoms with van der Waals surface area (Å²) >= 11 is 0. The molecule has 0 radical (unpaired) electrons. The van der Waals surface area contributed by atoms with Gasteiger partial charge in [0.15, 0.2) is 51.7 Å². The van der Waals surface area contributed by atoms with E-state index in [1.165, 1.54) is 53.7 Å². The van der Waals surface area contributed by atoms with E-state index in [0.717, 1.165) is 125 Å². The predicted octanol–water partition coefficient (Wildman–Crippen LogP) is 18.1. The third-order valence-corrected chi connectivity index (χ3v) is 27.5. The molecule has 790 valence electrons. The van der Waals surface area contributed by atoms with Gasteiger partial charge >= 0.3 is 34.9 Å². The van der Waals surface area contributed by atoms with Crippen molar-refractivity contribution in [3.63, 3.8) is 0 Å². The number of carbonyl (C=O) groups excluding carboxylic acids is 10. The van der Waals surface area contributed by atoms with Gasteiger partial charge in [-0.05, 0) is 247 Å². The minimum absolute atomic E-state index is 0.123. The highest BCUT2D eigenvalue weighted by Crippen LogP contribution is 2.45. The highest BCUT2D eigenvalue weighted by atomic mass is 32.2. The van der Waals surface area contributed by atoms with Crippen LogP contribution in [0.3, 0.4) is 0 Å². The molecule has 9 aliphatic heterocycles. The van der Waals surface area contributed by atoms with Gasteiger partial charge in [0.2, 0.25) is 0 Å². The Hall–Kier alpha value is -15.1. The van der Waals surface area contributed by atoms with E-state index in [9.17, 15) is 69.5 Å². The third-order valence-electron chi connectivity index (χ3n) is 26.6. The van der Waals surface area contributed by atoms with E-state index in [1.807, 2.05) is 130 Å². The number of rotatable bonds is 24. The average Bonchev–Trinajstić information content (AvgIpc) is 1.61. The Balaban J connectivity index is 0.000000149. The van der Waals surface area contributed by atoms with Crippen molar-refractivity contribution >= 4 is 93.4 Å². The van der Waals surface area contributed by atoms with Crippen molar-refractivity contribution < 1.29 is 130 Å². The predicted molar refractivity (Wildman–Crippen MR) is 553 cm³/mol. The molecule has 1 N–H and O–H groups in total. The van der Waals surface area contributed by atoms with Crippen LogP contribution in [-0.2, 0) is 61.6 Å². The van der Waals surface area contributed by atoms with Crippen molar-refractivity contribution in [2.75, 3.05) is 109 Å². The first-order valence-corrected chi connectivity index (χ1v) is 50.0. The number of fused-ring (bicyclic) bond motifs is 4. The zero-order chi connectivity index (χ0) is 108. The van der Waals surface area contributed by atoms with E-state index in [0.29, 0.717) is 118 Å². The Morgan fingerprint density at radius 1 is 0.360 bits per heavy atom. The second-order valence-electron chi connectivity index (χ2n) is 39.2. The molecule has 0 atom stereocenters. The van der Waals surface area contributed by atoms with Crippen LogP contribution >= 0.6 is 0 Å². The Morgan fingerprint density at radius 3 is 1.01 bits per heavy atom. The maximum Gasteiger partial charge on any atom is 0.534 e. The van der Waals surface area contributed by atoms with Gasteiger partial charge in [-0.2, -0.15) is 21.6 Å². The molecule has 150 heavy (non-hydrogen) atoms. The molecule has 0 bridgehead atoms. The lowest BCUT2D eigenvalue weighted by Gasteiger charge is -2.32. The SMILES string of the molecule is CC(C)(C)OC(=O)N1CC=C(B2OC(C)(C)C(C)(C)O2)CC1.COc1ccc(CN2C(=O)c3cccc(C4=CCN(C(=O)OC(C)(C)C)CC4)c3C2=O)cc1OC.COc1ccc(CN2C(=O)c3cccc(C4=CCN(Cc5ccccc5)CC4)c3C2=O)cc1OC.COc1ccc(CN2C(=O)c3cccc(C4=CCNCC4)c3C2=O)cc1OC.COc1ccc(CN2C(=O)c3cccc(OS(=O)(=O)C(F)(F)F)c3C2=O)cc1OC. The van der Waals surface area contributed by atoms with Crippen LogP contribution in [-0.4, -0.2) is 246 Å². The van der Waals surface area contributed by atoms with E-state index in [4.69, 9.17) is 56.7 Å². The summed E-state index contributed by atoms with van der Waals surface area (Å²) in [7, 11) is 5.85. The molecule has 33 nitrogen and oxygen atoms in total. The molecule has 9 aliphatic rings. The number of hydrogen-bond donors (Lipinski definition) is 1. The van der Waals surface area contributed by atoms with E-state index in [1.54, 1.807) is 124 Å². The van der Waals surface area contributed by atoms with Crippen LogP contribution in [0.25, 0.3) is 16.7 Å². The number of methoxy groups -OCH3 is 8. The van der Waals surface area contributed by atoms with Crippen molar-refractivity contribution in [1.29, 1.82) is 0 Å². The number of carbonyl (C=O) groups is 10. The lowest BCUT2D eigenvalue weighted by atomic mass is 9.75. The molecule has 38 heteroatoms. The van der Waals surface area contributed by atoms with Gasteiger partial charge in [-0.25, -0.2) is 9.59 Å². The highest BCUT2D eigenvalue weighted by Gasteiger charge is 2.54. The van der Waals surface area contributed by atoms with E-state index >= 15 is 0 Å². The fourth-order valence-electron chi connectivity index (χ4n) is 18.2. The van der Waals surface area contributed by atoms with Gasteiger partial charge in [-0.1, -0.05) is 121 Å². The Labute approximate surface area is 869 Å². The maximum atomic E-state index is 13.5. The quantitative estimate of drug-likeness (QED) is 0.0254. The number of amides is 10. The monoisotopic (exact) mass is 2080 g/mol. The normalized spacial score (nSPS) is 16.7. The number of ether oxygens (including phenoxy) is 10. The summed E-state index contributed by atoms with van der Waals surface area (Å²) in [6.45, 7) is 25.8. The number of nitrogens with one attached hydrogen (secondary N) is 1. The first kappa shape index (κ1) is 111. The first-order valence-electron chi connectivity index (χ1n) is 48.6. The summed E-state index contributed by atoms with van der Waals surface area (Å²) in [4.78, 5) is 140. The number of nitrogens with zero attached hydrogens (tertiary/aromatic N) is 7. The van der Waals surface area contributed by atoms with E-state index in [2.05, 4.69) is 50.8 Å². The summed E-state index contributed by atoms with van der Waals surface area (Å²) in [6, 6.07) is 50.8. The molecule has 0 aliphatic carbocycles. The smallest absolute Gasteiger partial charge is 0.493 e. The second kappa shape index (κ2) is 46.3. The zero-order valence-corrected chi connectivity index (χ0v) is 87.8. The van der Waals surface area contributed by atoms with Gasteiger partial charge in [0.25, 0.3) is 47.3 Å². The fraction of sp³-hybridized carbons (Fsp3) is 0.357. The molecule has 0 unspecified atom stereocenters. The summed E-state index contributed by atoms with van der Waals surface area (Å²) < 4.78 is 130. The largest absolute Gasteiger partial charge is 0.534 e. The van der Waals surface area contributed by atoms with Crippen LogP contribution in [0.15, 0.2) is 206 Å². The standard InChI is InChI=1S/C29H28N2O4.C27H30N2O6.C22H22N2O4.C18H14F3NO7S.C16H28BNO4/c1-34-25-12-11-21(17-26(25)35-2)19-31-28(32)24-10-6-9-23(27(24)29(31)33)22-13-15-30(16-14-22)18-20-7-4-3-5-8-20;1-27(2,3)35-26(32)28-13-11-18(12-14-28)19-7-6-8-20-23(19)25(31)29(24(20)30)16-17-9-10-21(33-4)22(15-17)34-5;1-27-18-7-6-14(12-19(18)28-2)13-24-21(25)17-5-3-4-16(20(17)22(24)26)15-8-10-23-11-9-15;1-27-12-7-6-10(8-14(12)28-2)9-22-16(23)11-4-3-5-13(15(11)17(22)24)29-30(25,26)18(19,20)21;1-14(2,3)20-13(19)18-10-8-12(9-11-18)17-21-15(4,5)16(6,7)22-17/h3-13,17H,14-16,18-19H2,1-2H3;6-11,15H,12-14,16H2,1-5H3;3-8,12,23H,9-11,13H2,1-2H3;3-8H,9H2,1-2H3;8H,9-11H2,1-7H3. The second-order valence-corrected chi connectivity index (χ2v) is 40.8. The Bertz CT molecular complexity index is 6950. The third kappa shape index (κ3) is 24.7. The molecule has 1 fully saturated rings. The lowest BCUT2D eigenvalue weighted by Crippen LogP contribution is -2.41. The van der Waals surface area contributed by atoms with Gasteiger partial charge in [-0.15, -0.1) is 0 Å². The van der Waals surface area contributed by atoms with Gasteiger partial charge in [0.1, 0.15) is 11.2 Å². The van der Waals surface area contributed by atoms with Crippen molar-refractivity contribution in [3.8, 4) is 51.7 Å². The van der Waals surface area contributed by atoms with Gasteiger partial charge < -0.3 is 76.0 Å². The average molecular weight is 2080 g/mol. The molecule has 9 heterocycles. The van der Waals surface area contributed by atoms with Crippen LogP contribution in [0.4, 0.5) is 22.8 Å². The minimum atomic E-state index is -6.02. The summed E-state index contributed by atoms with van der Waals surface area (Å²) in [5, 5.41) is 3.27. The molecule has 0 aromatic heterocycles. The number of imide groups is 4. The Kier molecular flexibility index (Phi) is 34.2. The molecule has 1 saturated heterocycles. The van der Waals surface area contributed by atoms with Crippen LogP contribution in [0, 0.1) is 0 Å². The van der Waals surface area contributed by atoms with E-state index < -0.39 is 50.0 Å². The van der Waals surface area contributed by atoms with Crippen molar-refractivity contribution in [3.05, 3.63) is 295 Å². The molecule has 9 aromatic carbocycles. The number of halogens is 3. The topological polar surface area (TPSA) is 360 Å². The van der Waals surface area contributed by atoms with Crippen LogP contribution < -0.4 is 47.4 Å². The van der Waals surface area contributed by atoms with Crippen LogP contribution in [0.1, 0.15) is 222 Å². The summed E-state index contributed by atoms with van der Waals surface area (Å²) in [5.74, 6) is -0.136. The van der Waals surface area contributed by atoms with Gasteiger partial charge in [0, 0.05) is 52.4 Å². The van der Waals surface area contributed by atoms with Crippen LogP contribution in [0.5, 0.6) is 51.7 Å². The summed E-state index contributed by atoms with van der Waals surface area (Å²) in [5.41, 5.74) is 5.44. The van der Waals surface area contributed by atoms with Gasteiger partial charge in [-0.3, -0.25) is 62.9 Å². The molecule has 9 aromatic rings. The fourth-order valence-corrected chi connectivity index (χ4v) is 18.6.